The molecule has 2 aromatic rings. The van der Waals surface area contributed by atoms with Crippen molar-refractivity contribution in [2.24, 2.45) is 0 Å². The quantitative estimate of drug-likeness (QED) is 0.781. The summed E-state index contributed by atoms with van der Waals surface area (Å²) in [6.07, 6.45) is 5.22. The lowest BCUT2D eigenvalue weighted by Crippen LogP contribution is -2.07. The van der Waals surface area contributed by atoms with Gasteiger partial charge in [0.05, 0.1) is 4.88 Å². The number of hydrogen-bond donors (Lipinski definition) is 2. The van der Waals surface area contributed by atoms with Crippen molar-refractivity contribution in [3.8, 4) is 5.88 Å². The van der Waals surface area contributed by atoms with E-state index in [0.29, 0.717) is 16.0 Å². The molecular weight excluding hydrogens is 260 g/mol. The molecule has 0 bridgehead atoms. The van der Waals surface area contributed by atoms with Crippen molar-refractivity contribution in [3.63, 3.8) is 0 Å². The molecule has 1 aromatic carbocycles. The maximum absolute atomic E-state index is 12.3. The fraction of sp³-hybridized carbons (Fsp3) is 0. The summed E-state index contributed by atoms with van der Waals surface area (Å²) in [5.41, 5.74) is 7.58. The number of allylic oxidation sites excluding steroid dienone is 2. The van der Waals surface area contributed by atoms with Crippen molar-refractivity contribution in [1.82, 2.24) is 4.98 Å². The van der Waals surface area contributed by atoms with Gasteiger partial charge < -0.3 is 10.8 Å². The topological polar surface area (TPSA) is 76.2 Å². The number of thiazole rings is 1. The van der Waals surface area contributed by atoms with Crippen molar-refractivity contribution in [3.05, 3.63) is 51.9 Å². The minimum Gasteiger partial charge on any atom is -0.492 e. The Labute approximate surface area is 113 Å². The molecule has 0 saturated heterocycles. The van der Waals surface area contributed by atoms with E-state index in [9.17, 15) is 9.90 Å². The SMILES string of the molecule is Nc1nc(O)c(/C=C2\C=Cc3ccccc3C2=O)s1. The molecule has 19 heavy (non-hydrogen) atoms. The lowest BCUT2D eigenvalue weighted by Gasteiger charge is -2.10. The number of anilines is 1. The van der Waals surface area contributed by atoms with Crippen LogP contribution < -0.4 is 5.73 Å². The van der Waals surface area contributed by atoms with Crippen molar-refractivity contribution >= 4 is 34.4 Å². The average Bonchev–Trinajstić information content (AvgIpc) is 2.72. The van der Waals surface area contributed by atoms with Gasteiger partial charge >= 0.3 is 0 Å². The van der Waals surface area contributed by atoms with Crippen LogP contribution in [0.4, 0.5) is 5.13 Å². The number of carbonyl (C=O) groups excluding carboxylic acids is 1. The first-order chi connectivity index (χ1) is 9.15. The fourth-order valence-corrected chi connectivity index (χ4v) is 2.63. The van der Waals surface area contributed by atoms with E-state index in [0.717, 1.165) is 16.9 Å². The van der Waals surface area contributed by atoms with Gasteiger partial charge in [-0.3, -0.25) is 4.79 Å². The molecule has 1 aliphatic rings. The Morgan fingerprint density at radius 2 is 2.05 bits per heavy atom. The van der Waals surface area contributed by atoms with Crippen LogP contribution in [-0.2, 0) is 0 Å². The summed E-state index contributed by atoms with van der Waals surface area (Å²) in [7, 11) is 0. The molecule has 1 aliphatic carbocycles. The number of hydrogen-bond acceptors (Lipinski definition) is 5. The minimum atomic E-state index is -0.143. The highest BCUT2D eigenvalue weighted by atomic mass is 32.1. The number of nitrogens with two attached hydrogens (primary N) is 1. The number of nitrogens with zero attached hydrogens (tertiary/aromatic N) is 1. The normalized spacial score (nSPS) is 15.8. The highest BCUT2D eigenvalue weighted by Crippen LogP contribution is 2.30. The zero-order valence-electron chi connectivity index (χ0n) is 9.83. The zero-order valence-corrected chi connectivity index (χ0v) is 10.6. The average molecular weight is 270 g/mol. The van der Waals surface area contributed by atoms with E-state index in [2.05, 4.69) is 4.98 Å². The largest absolute Gasteiger partial charge is 0.492 e. The molecule has 1 heterocycles. The second-order valence-corrected chi connectivity index (χ2v) is 5.15. The fourth-order valence-electron chi connectivity index (χ4n) is 1.95. The lowest BCUT2D eigenvalue weighted by molar-refractivity contribution is 0.103. The summed E-state index contributed by atoms with van der Waals surface area (Å²) in [4.78, 5) is 16.5. The van der Waals surface area contributed by atoms with Crippen LogP contribution in [0.2, 0.25) is 0 Å². The third kappa shape index (κ3) is 2.04. The molecule has 0 saturated carbocycles. The summed E-state index contributed by atoms with van der Waals surface area (Å²) >= 11 is 1.15. The number of rotatable bonds is 1. The van der Waals surface area contributed by atoms with Gasteiger partial charge in [-0.2, -0.15) is 4.98 Å². The van der Waals surface area contributed by atoms with Gasteiger partial charge in [0.15, 0.2) is 10.9 Å². The molecule has 4 nitrogen and oxygen atoms in total. The highest BCUT2D eigenvalue weighted by Gasteiger charge is 2.18. The molecule has 0 fully saturated rings. The lowest BCUT2D eigenvalue weighted by atomic mass is 9.92. The van der Waals surface area contributed by atoms with Crippen LogP contribution in [0.3, 0.4) is 0 Å². The van der Waals surface area contributed by atoms with E-state index in [1.807, 2.05) is 24.3 Å². The van der Waals surface area contributed by atoms with Crippen LogP contribution in [-0.4, -0.2) is 15.9 Å². The number of ketones is 1. The molecule has 0 aliphatic heterocycles. The van der Waals surface area contributed by atoms with Gasteiger partial charge in [0.25, 0.3) is 0 Å². The standard InChI is InChI=1S/C14H10N2O2S/c15-14-16-13(18)11(19-14)7-9-6-5-8-3-1-2-4-10(8)12(9)17/h1-7,18H,(H2,15,16)/b9-7+. The molecule has 0 amide bonds. The second-order valence-electron chi connectivity index (χ2n) is 4.09. The van der Waals surface area contributed by atoms with Crippen molar-refractivity contribution < 1.29 is 9.90 Å². The molecule has 0 unspecified atom stereocenters. The second kappa shape index (κ2) is 4.37. The van der Waals surface area contributed by atoms with Gasteiger partial charge in [0.2, 0.25) is 5.88 Å². The van der Waals surface area contributed by atoms with Crippen LogP contribution in [0.5, 0.6) is 5.88 Å². The summed E-state index contributed by atoms with van der Waals surface area (Å²) in [5.74, 6) is -0.209. The van der Waals surface area contributed by atoms with Gasteiger partial charge in [-0.05, 0) is 11.6 Å². The number of nitrogen functional groups attached to an aromatic ring is 1. The monoisotopic (exact) mass is 270 g/mol. The van der Waals surface area contributed by atoms with Crippen LogP contribution in [0.15, 0.2) is 35.9 Å². The summed E-state index contributed by atoms with van der Waals surface area (Å²) < 4.78 is 0. The Hall–Kier alpha value is -2.40. The number of carbonyl (C=O) groups is 1. The molecule has 1 aromatic heterocycles. The smallest absolute Gasteiger partial charge is 0.231 e. The number of fused-ring (bicyclic) bond motifs is 1. The maximum atomic E-state index is 12.3. The first-order valence-corrected chi connectivity index (χ1v) is 6.45. The van der Waals surface area contributed by atoms with Crippen molar-refractivity contribution in [2.45, 2.75) is 0 Å². The van der Waals surface area contributed by atoms with E-state index in [1.165, 1.54) is 0 Å². The van der Waals surface area contributed by atoms with Gasteiger partial charge in [-0.25, -0.2) is 0 Å². The highest BCUT2D eigenvalue weighted by molar-refractivity contribution is 7.16. The Morgan fingerprint density at radius 3 is 2.79 bits per heavy atom. The van der Waals surface area contributed by atoms with Crippen LogP contribution in [0.25, 0.3) is 12.2 Å². The van der Waals surface area contributed by atoms with Crippen molar-refractivity contribution in [2.75, 3.05) is 5.73 Å². The number of aromatic nitrogens is 1. The Bertz CT molecular complexity index is 729. The van der Waals surface area contributed by atoms with Crippen LogP contribution >= 0.6 is 11.3 Å². The predicted molar refractivity (Wildman–Crippen MR) is 76.0 cm³/mol. The number of aromatic hydroxyl groups is 1. The molecule has 0 spiro atoms. The minimum absolute atomic E-state index is 0.0653. The first-order valence-electron chi connectivity index (χ1n) is 5.64. The van der Waals surface area contributed by atoms with Gasteiger partial charge in [0.1, 0.15) is 0 Å². The summed E-state index contributed by atoms with van der Waals surface area (Å²) in [6.45, 7) is 0. The van der Waals surface area contributed by atoms with E-state index in [-0.39, 0.29) is 16.8 Å². The third-order valence-corrected chi connectivity index (χ3v) is 3.67. The molecule has 5 heteroatoms. The molecule has 94 valence electrons. The van der Waals surface area contributed by atoms with E-state index < -0.39 is 0 Å². The Morgan fingerprint density at radius 1 is 1.26 bits per heavy atom. The maximum Gasteiger partial charge on any atom is 0.231 e. The Kier molecular flexibility index (Phi) is 2.68. The van der Waals surface area contributed by atoms with Crippen LogP contribution in [0.1, 0.15) is 20.8 Å². The number of Topliss-reactive ketones (excluding diaryl/α,β-unsaturated/α-hetero) is 1. The van der Waals surface area contributed by atoms with Gasteiger partial charge in [-0.1, -0.05) is 47.8 Å². The molecule has 3 N–H and O–H groups in total. The number of benzene rings is 1. The van der Waals surface area contributed by atoms with E-state index >= 15 is 0 Å². The van der Waals surface area contributed by atoms with Gasteiger partial charge in [-0.15, -0.1) is 0 Å². The summed E-state index contributed by atoms with van der Waals surface area (Å²) in [5, 5.41) is 9.86. The Balaban J connectivity index is 2.05. The first kappa shape index (κ1) is 11.7. The predicted octanol–water partition coefficient (Wildman–Crippen LogP) is 2.72. The molecular formula is C14H10N2O2S. The van der Waals surface area contributed by atoms with E-state index in [4.69, 9.17) is 5.73 Å². The van der Waals surface area contributed by atoms with Gasteiger partial charge in [0, 0.05) is 11.1 Å². The third-order valence-electron chi connectivity index (χ3n) is 2.85. The van der Waals surface area contributed by atoms with Crippen molar-refractivity contribution in [1.29, 1.82) is 0 Å². The zero-order chi connectivity index (χ0) is 13.4. The molecule has 3 rings (SSSR count). The van der Waals surface area contributed by atoms with E-state index in [1.54, 1.807) is 18.2 Å². The van der Waals surface area contributed by atoms with Crippen LogP contribution in [0, 0.1) is 0 Å². The molecule has 0 radical (unpaired) electrons. The summed E-state index contributed by atoms with van der Waals surface area (Å²) in [6, 6.07) is 7.40. The molecule has 0 atom stereocenters.